The molecule has 0 saturated heterocycles. The van der Waals surface area contributed by atoms with Crippen LogP contribution >= 0.6 is 0 Å². The number of benzene rings is 10. The summed E-state index contributed by atoms with van der Waals surface area (Å²) in [6.45, 7) is 20.7. The molecule has 84 heavy (non-hydrogen) atoms. The van der Waals surface area contributed by atoms with E-state index in [4.69, 9.17) is 9.72 Å². The maximum absolute atomic E-state index is 6.91. The highest BCUT2D eigenvalue weighted by atomic mass is 16.5. The monoisotopic (exact) mass is 1090 g/mol. The number of fused-ring (bicyclic) bond motifs is 7. The molecule has 0 fully saturated rings. The summed E-state index contributed by atoms with van der Waals surface area (Å²) >= 11 is 0. The van der Waals surface area contributed by atoms with Gasteiger partial charge in [0.05, 0.1) is 16.4 Å². The summed E-state index contributed by atoms with van der Waals surface area (Å²) in [4.78, 5) is 4.94. The second-order valence-corrected chi connectivity index (χ2v) is 25.9. The Morgan fingerprint density at radius 1 is 0.405 bits per heavy atom. The van der Waals surface area contributed by atoms with Crippen LogP contribution in [0.15, 0.2) is 255 Å². The van der Waals surface area contributed by atoms with Crippen LogP contribution in [0.3, 0.4) is 0 Å². The second-order valence-electron chi connectivity index (χ2n) is 25.9. The number of ether oxygens (including phenoxy) is 1. The molecular formula is C79H69N4O+. The molecule has 10 aromatic carbocycles. The Bertz CT molecular complexity index is 4610. The van der Waals surface area contributed by atoms with E-state index in [9.17, 15) is 0 Å². The molecule has 0 unspecified atom stereocenters. The lowest BCUT2D eigenvalue weighted by Crippen LogP contribution is -2.31. The van der Waals surface area contributed by atoms with Gasteiger partial charge in [-0.05, 0) is 132 Å². The van der Waals surface area contributed by atoms with E-state index in [1.165, 1.54) is 61.0 Å². The van der Waals surface area contributed by atoms with Gasteiger partial charge in [-0.2, -0.15) is 9.13 Å². The first-order valence-corrected chi connectivity index (χ1v) is 29.5. The molecule has 0 saturated carbocycles. The van der Waals surface area contributed by atoms with Crippen molar-refractivity contribution in [1.29, 1.82) is 0 Å². The number of pyridine rings is 1. The number of para-hydroxylation sites is 4. The molecule has 13 aromatic rings. The van der Waals surface area contributed by atoms with E-state index in [1.54, 1.807) is 0 Å². The van der Waals surface area contributed by atoms with Crippen LogP contribution in [-0.4, -0.2) is 14.1 Å². The third-order valence-electron chi connectivity index (χ3n) is 17.5. The van der Waals surface area contributed by atoms with Crippen molar-refractivity contribution in [3.63, 3.8) is 0 Å². The Morgan fingerprint density at radius 3 is 1.65 bits per heavy atom. The predicted octanol–water partition coefficient (Wildman–Crippen LogP) is 19.8. The Hall–Kier alpha value is -9.58. The summed E-state index contributed by atoms with van der Waals surface area (Å²) in [7, 11) is 0. The number of nitrogens with zero attached hydrogens (tertiary/aromatic N) is 4. The molecule has 0 radical (unpaired) electrons. The first kappa shape index (κ1) is 52.5. The van der Waals surface area contributed by atoms with Gasteiger partial charge in [0, 0.05) is 40.2 Å². The topological polar surface area (TPSA) is 35.9 Å². The molecule has 5 nitrogen and oxygen atoms in total. The van der Waals surface area contributed by atoms with E-state index >= 15 is 0 Å². The molecule has 0 spiro atoms. The van der Waals surface area contributed by atoms with Crippen molar-refractivity contribution in [1.82, 2.24) is 14.1 Å². The van der Waals surface area contributed by atoms with Crippen LogP contribution < -0.4 is 9.30 Å². The van der Waals surface area contributed by atoms with Gasteiger partial charge in [-0.15, -0.1) is 0 Å². The summed E-state index contributed by atoms with van der Waals surface area (Å²) < 4.78 is 13.9. The highest BCUT2D eigenvalue weighted by Crippen LogP contribution is 2.56. The molecule has 410 valence electrons. The van der Waals surface area contributed by atoms with Crippen LogP contribution in [0.1, 0.15) is 101 Å². The summed E-state index contributed by atoms with van der Waals surface area (Å²) in [6, 6.07) is 89.2. The first-order valence-electron chi connectivity index (χ1n) is 29.5. The summed E-state index contributed by atoms with van der Waals surface area (Å²) in [5.41, 5.74) is 21.8. The minimum atomic E-state index is -0.502. The Balaban J connectivity index is 0.925. The summed E-state index contributed by atoms with van der Waals surface area (Å²) in [5, 5.41) is 2.32. The third-order valence-corrected chi connectivity index (χ3v) is 17.5. The molecule has 3 aromatic heterocycles. The second kappa shape index (κ2) is 19.8. The molecule has 0 aliphatic heterocycles. The van der Waals surface area contributed by atoms with Gasteiger partial charge in [-0.25, -0.2) is 4.98 Å². The molecule has 5 heteroatoms. The number of hydrogen-bond acceptors (Lipinski definition) is 2. The lowest BCUT2D eigenvalue weighted by molar-refractivity contribution is -0.566. The minimum absolute atomic E-state index is 0.0309. The van der Waals surface area contributed by atoms with Gasteiger partial charge in [-0.1, -0.05) is 238 Å². The van der Waals surface area contributed by atoms with Crippen LogP contribution in [-0.2, 0) is 21.7 Å². The van der Waals surface area contributed by atoms with Crippen LogP contribution in [0.5, 0.6) is 11.5 Å². The molecule has 3 heterocycles. The van der Waals surface area contributed by atoms with Gasteiger partial charge >= 0.3 is 0 Å². The standard InChI is InChI=1S/C79H69N4O/c1-76(2,3)56-43-44-80-74(48-56)83-70-34-18-15-29-66(70)67-42-41-61(50-73(67)83)84-60-26-21-25-59(49-60)81-51-82(72-36-20-19-35-71(72)81)75-62(30-22-31-63(75)53-45-57(77(4,5)6)47-58(46-53)78(7,8)9)52-37-39-55(40-38-52)79(54-23-11-10-12-24-54)68-32-16-13-27-64(68)65-28-14-17-33-69(65)79/h10-51H,1-9H3/q+1. The van der Waals surface area contributed by atoms with Crippen molar-refractivity contribution >= 4 is 32.8 Å². The molecule has 0 N–H and O–H groups in total. The van der Waals surface area contributed by atoms with Gasteiger partial charge in [-0.3, -0.25) is 4.57 Å². The minimum Gasteiger partial charge on any atom is -0.457 e. The third kappa shape index (κ3) is 8.75. The van der Waals surface area contributed by atoms with Crippen molar-refractivity contribution in [3.8, 4) is 62.1 Å². The molecule has 0 atom stereocenters. The highest BCUT2D eigenvalue weighted by molar-refractivity contribution is 6.09. The number of rotatable bonds is 9. The van der Waals surface area contributed by atoms with Crippen molar-refractivity contribution in [2.45, 2.75) is 84.0 Å². The molecule has 0 bridgehead atoms. The maximum Gasteiger partial charge on any atom is 0.255 e. The zero-order chi connectivity index (χ0) is 57.7. The highest BCUT2D eigenvalue weighted by Gasteiger charge is 2.46. The van der Waals surface area contributed by atoms with Crippen LogP contribution in [0.2, 0.25) is 0 Å². The van der Waals surface area contributed by atoms with Crippen molar-refractivity contribution < 1.29 is 9.30 Å². The van der Waals surface area contributed by atoms with Gasteiger partial charge < -0.3 is 4.74 Å². The largest absolute Gasteiger partial charge is 0.457 e. The zero-order valence-electron chi connectivity index (χ0n) is 49.4. The fourth-order valence-corrected chi connectivity index (χ4v) is 13.1. The molecule has 14 rings (SSSR count). The van der Waals surface area contributed by atoms with E-state index in [1.807, 2.05) is 12.3 Å². The maximum atomic E-state index is 6.91. The predicted molar refractivity (Wildman–Crippen MR) is 348 cm³/mol. The fourth-order valence-electron chi connectivity index (χ4n) is 13.1. The Labute approximate surface area is 493 Å². The number of imidazole rings is 1. The quantitative estimate of drug-likeness (QED) is 0.135. The molecule has 0 amide bonds. The first-order chi connectivity index (χ1) is 40.5. The van der Waals surface area contributed by atoms with E-state index < -0.39 is 5.41 Å². The number of hydrogen-bond donors (Lipinski definition) is 0. The zero-order valence-corrected chi connectivity index (χ0v) is 49.4. The SMILES string of the molecule is CC(C)(C)c1cc(-c2cccc(-c3ccc(C4(c5ccccc5)c5ccccc5-c5ccccc54)cc3)c2-[n+]2cn(-c3cccc(Oc4ccc5c6ccccc6n(-c6cc(C(C)(C)C)ccn6)c5c4)c3)c3ccccc32)cc(C(C)(C)C)c1. The lowest BCUT2D eigenvalue weighted by atomic mass is 9.67. The molecule has 1 aliphatic carbocycles. The average molecular weight is 1090 g/mol. The molecular weight excluding hydrogens is 1020 g/mol. The Kier molecular flexibility index (Phi) is 12.4. The Morgan fingerprint density at radius 2 is 0.964 bits per heavy atom. The van der Waals surface area contributed by atoms with Crippen molar-refractivity contribution in [3.05, 3.63) is 294 Å². The number of aromatic nitrogens is 4. The lowest BCUT2D eigenvalue weighted by Gasteiger charge is -2.34. The van der Waals surface area contributed by atoms with E-state index in [0.29, 0.717) is 0 Å². The van der Waals surface area contributed by atoms with Crippen molar-refractivity contribution in [2.24, 2.45) is 0 Å². The van der Waals surface area contributed by atoms with Gasteiger partial charge in [0.1, 0.15) is 28.7 Å². The average Bonchev–Trinajstić information content (AvgIpc) is 1.82. The van der Waals surface area contributed by atoms with Gasteiger partial charge in [0.15, 0.2) is 11.0 Å². The molecule has 1 aliphatic rings. The van der Waals surface area contributed by atoms with Gasteiger partial charge in [0.25, 0.3) is 6.33 Å². The van der Waals surface area contributed by atoms with E-state index in [-0.39, 0.29) is 16.2 Å². The van der Waals surface area contributed by atoms with Crippen LogP contribution in [0, 0.1) is 0 Å². The normalized spacial score (nSPS) is 13.2. The van der Waals surface area contributed by atoms with Crippen LogP contribution in [0.25, 0.3) is 83.4 Å². The fraction of sp³-hybridized carbons (Fsp3) is 0.165. The summed E-state index contributed by atoms with van der Waals surface area (Å²) in [5.74, 6) is 2.37. The van der Waals surface area contributed by atoms with E-state index in [2.05, 4.69) is 319 Å². The van der Waals surface area contributed by atoms with Gasteiger partial charge in [0.2, 0.25) is 0 Å². The smallest absolute Gasteiger partial charge is 0.255 e. The van der Waals surface area contributed by atoms with Crippen LogP contribution in [0.4, 0.5) is 0 Å². The summed E-state index contributed by atoms with van der Waals surface area (Å²) in [6.07, 6.45) is 4.20. The van der Waals surface area contributed by atoms with Crippen molar-refractivity contribution in [2.75, 3.05) is 0 Å². The van der Waals surface area contributed by atoms with E-state index in [0.717, 1.165) is 72.8 Å².